The molecule has 1 saturated heterocycles. The fourth-order valence-electron chi connectivity index (χ4n) is 3.52. The zero-order valence-corrected chi connectivity index (χ0v) is 17.6. The second-order valence-electron chi connectivity index (χ2n) is 7.06. The van der Waals surface area contributed by atoms with Gasteiger partial charge in [-0.3, -0.25) is 9.69 Å². The molecule has 0 saturated carbocycles. The van der Waals surface area contributed by atoms with E-state index in [1.807, 2.05) is 23.1 Å². The van der Waals surface area contributed by atoms with E-state index >= 15 is 0 Å². The highest BCUT2D eigenvalue weighted by atomic mass is 32.2. The monoisotopic (exact) mass is 411 g/mol. The Hall–Kier alpha value is -1.89. The Bertz CT molecular complexity index is 879. The average molecular weight is 412 g/mol. The van der Waals surface area contributed by atoms with Crippen LogP contribution in [0.2, 0.25) is 0 Å². The predicted molar refractivity (Wildman–Crippen MR) is 119 cm³/mol. The van der Waals surface area contributed by atoms with E-state index in [-0.39, 0.29) is 5.91 Å². The molecule has 6 heteroatoms. The van der Waals surface area contributed by atoms with Crippen molar-refractivity contribution in [3.8, 4) is 0 Å². The van der Waals surface area contributed by atoms with Crippen LogP contribution < -0.4 is 0 Å². The highest BCUT2D eigenvalue weighted by molar-refractivity contribution is 7.99. The van der Waals surface area contributed by atoms with Crippen molar-refractivity contribution in [3.63, 3.8) is 0 Å². The van der Waals surface area contributed by atoms with Gasteiger partial charge in [0.25, 0.3) is 0 Å². The van der Waals surface area contributed by atoms with Crippen molar-refractivity contribution in [1.29, 1.82) is 0 Å². The lowest BCUT2D eigenvalue weighted by Gasteiger charge is -2.22. The molecule has 0 bridgehead atoms. The zero-order valence-electron chi connectivity index (χ0n) is 15.9. The smallest absolute Gasteiger partial charge is 0.232 e. The molecule has 3 aromatic rings. The molecular formula is C22H25N3OS2. The lowest BCUT2D eigenvalue weighted by atomic mass is 10.2. The predicted octanol–water partition coefficient (Wildman–Crippen LogP) is 4.26. The van der Waals surface area contributed by atoms with E-state index in [0.29, 0.717) is 5.75 Å². The van der Waals surface area contributed by atoms with Gasteiger partial charge >= 0.3 is 0 Å². The number of rotatable bonds is 6. The van der Waals surface area contributed by atoms with Crippen LogP contribution in [-0.2, 0) is 17.1 Å². The molecule has 2 aromatic carbocycles. The summed E-state index contributed by atoms with van der Waals surface area (Å²) in [6, 6.07) is 18.8. The summed E-state index contributed by atoms with van der Waals surface area (Å²) in [6.07, 6.45) is 1.04. The number of fused-ring (bicyclic) bond motifs is 1. The molecule has 0 N–H and O–H groups in total. The maximum absolute atomic E-state index is 12.6. The van der Waals surface area contributed by atoms with Crippen LogP contribution in [0.15, 0.2) is 54.6 Å². The number of aromatic nitrogens is 1. The molecule has 2 heterocycles. The van der Waals surface area contributed by atoms with E-state index in [2.05, 4.69) is 46.3 Å². The van der Waals surface area contributed by atoms with Crippen LogP contribution >= 0.6 is 23.1 Å². The van der Waals surface area contributed by atoms with Crippen molar-refractivity contribution in [3.05, 3.63) is 65.2 Å². The van der Waals surface area contributed by atoms with E-state index in [9.17, 15) is 4.79 Å². The van der Waals surface area contributed by atoms with Crippen LogP contribution in [0.5, 0.6) is 0 Å². The second kappa shape index (κ2) is 9.54. The Morgan fingerprint density at radius 3 is 2.68 bits per heavy atom. The first-order valence-electron chi connectivity index (χ1n) is 9.74. The van der Waals surface area contributed by atoms with Crippen molar-refractivity contribution in [2.75, 3.05) is 31.9 Å². The summed E-state index contributed by atoms with van der Waals surface area (Å²) in [7, 11) is 0. The number of benzene rings is 2. The molecule has 0 spiro atoms. The minimum Gasteiger partial charge on any atom is -0.341 e. The van der Waals surface area contributed by atoms with Crippen molar-refractivity contribution in [2.45, 2.75) is 18.7 Å². The van der Waals surface area contributed by atoms with E-state index in [1.54, 1.807) is 23.1 Å². The third-order valence-electron chi connectivity index (χ3n) is 4.98. The van der Waals surface area contributed by atoms with Gasteiger partial charge in [-0.2, -0.15) is 0 Å². The SMILES string of the molecule is O=C(CSCc1nc2ccccc2s1)N1CCCN(Cc2ccccc2)CC1. The zero-order chi connectivity index (χ0) is 19.2. The van der Waals surface area contributed by atoms with E-state index < -0.39 is 0 Å². The number of carbonyl (C=O) groups is 1. The fourth-order valence-corrected chi connectivity index (χ4v) is 5.47. The molecule has 1 aliphatic heterocycles. The van der Waals surface area contributed by atoms with Crippen LogP contribution in [0.1, 0.15) is 17.0 Å². The molecule has 1 aromatic heterocycles. The number of hydrogen-bond donors (Lipinski definition) is 0. The number of hydrogen-bond acceptors (Lipinski definition) is 5. The van der Waals surface area contributed by atoms with Gasteiger partial charge in [0.05, 0.1) is 16.0 Å². The Labute approximate surface area is 174 Å². The molecule has 0 atom stereocenters. The molecule has 0 unspecified atom stereocenters. The molecule has 4 nitrogen and oxygen atoms in total. The minimum atomic E-state index is 0.257. The number of thiazole rings is 1. The van der Waals surface area contributed by atoms with Crippen molar-refractivity contribution < 1.29 is 4.79 Å². The third-order valence-corrected chi connectivity index (χ3v) is 7.13. The maximum Gasteiger partial charge on any atom is 0.232 e. The van der Waals surface area contributed by atoms with Crippen molar-refractivity contribution >= 4 is 39.2 Å². The van der Waals surface area contributed by atoms with Gasteiger partial charge < -0.3 is 4.90 Å². The Morgan fingerprint density at radius 2 is 1.82 bits per heavy atom. The summed E-state index contributed by atoms with van der Waals surface area (Å²) in [5, 5.41) is 1.10. The van der Waals surface area contributed by atoms with Crippen LogP contribution in [0.25, 0.3) is 10.2 Å². The number of para-hydroxylation sites is 1. The van der Waals surface area contributed by atoms with Gasteiger partial charge in [-0.05, 0) is 24.1 Å². The fraction of sp³-hybridized carbons (Fsp3) is 0.364. The lowest BCUT2D eigenvalue weighted by Crippen LogP contribution is -2.36. The largest absolute Gasteiger partial charge is 0.341 e. The summed E-state index contributed by atoms with van der Waals surface area (Å²) >= 11 is 3.40. The van der Waals surface area contributed by atoms with Gasteiger partial charge in [-0.15, -0.1) is 23.1 Å². The summed E-state index contributed by atoms with van der Waals surface area (Å²) in [4.78, 5) is 21.8. The molecule has 28 heavy (non-hydrogen) atoms. The average Bonchev–Trinajstić information content (AvgIpc) is 2.99. The van der Waals surface area contributed by atoms with E-state index in [1.165, 1.54) is 10.3 Å². The van der Waals surface area contributed by atoms with Crippen LogP contribution in [-0.4, -0.2) is 52.6 Å². The second-order valence-corrected chi connectivity index (χ2v) is 9.17. The van der Waals surface area contributed by atoms with E-state index in [0.717, 1.165) is 55.4 Å². The quantitative estimate of drug-likeness (QED) is 0.607. The number of thioether (sulfide) groups is 1. The minimum absolute atomic E-state index is 0.257. The summed E-state index contributed by atoms with van der Waals surface area (Å²) < 4.78 is 1.22. The molecule has 146 valence electrons. The van der Waals surface area contributed by atoms with Crippen LogP contribution in [0, 0.1) is 0 Å². The lowest BCUT2D eigenvalue weighted by molar-refractivity contribution is -0.128. The van der Waals surface area contributed by atoms with Gasteiger partial charge in [-0.1, -0.05) is 42.5 Å². The van der Waals surface area contributed by atoms with Crippen LogP contribution in [0.4, 0.5) is 0 Å². The molecule has 1 aliphatic rings. The molecular weight excluding hydrogens is 386 g/mol. The first-order valence-corrected chi connectivity index (χ1v) is 11.7. The van der Waals surface area contributed by atoms with Gasteiger partial charge in [0, 0.05) is 38.5 Å². The van der Waals surface area contributed by atoms with Gasteiger partial charge in [0.15, 0.2) is 0 Å². The highest BCUT2D eigenvalue weighted by Gasteiger charge is 2.19. The van der Waals surface area contributed by atoms with Crippen molar-refractivity contribution in [1.82, 2.24) is 14.8 Å². The number of nitrogens with zero attached hydrogens (tertiary/aromatic N) is 3. The Balaban J connectivity index is 1.23. The summed E-state index contributed by atoms with van der Waals surface area (Å²) in [5.41, 5.74) is 2.40. The molecule has 0 aliphatic carbocycles. The molecule has 1 fully saturated rings. The van der Waals surface area contributed by atoms with Gasteiger partial charge in [0.2, 0.25) is 5.91 Å². The maximum atomic E-state index is 12.6. The van der Waals surface area contributed by atoms with Gasteiger partial charge in [-0.25, -0.2) is 4.98 Å². The standard InChI is InChI=1S/C22H25N3OS2/c26-22(17-27-16-21-23-19-9-4-5-10-20(19)28-21)25-12-6-11-24(13-14-25)15-18-7-2-1-3-8-18/h1-5,7-10H,6,11-17H2. The molecule has 0 radical (unpaired) electrons. The Morgan fingerprint density at radius 1 is 1.00 bits per heavy atom. The normalized spacial score (nSPS) is 15.6. The third kappa shape index (κ3) is 5.13. The molecule has 1 amide bonds. The Kier molecular flexibility index (Phi) is 6.62. The van der Waals surface area contributed by atoms with Crippen molar-refractivity contribution in [2.24, 2.45) is 0 Å². The number of carbonyl (C=O) groups excluding carboxylic acids is 1. The highest BCUT2D eigenvalue weighted by Crippen LogP contribution is 2.25. The first-order chi connectivity index (χ1) is 13.8. The summed E-state index contributed by atoms with van der Waals surface area (Å²) in [6.45, 7) is 4.66. The topological polar surface area (TPSA) is 36.4 Å². The van der Waals surface area contributed by atoms with Gasteiger partial charge in [0.1, 0.15) is 5.01 Å². The summed E-state index contributed by atoms with van der Waals surface area (Å²) in [5.74, 6) is 1.60. The van der Waals surface area contributed by atoms with E-state index in [4.69, 9.17) is 0 Å². The first kappa shape index (κ1) is 19.4. The number of amides is 1. The van der Waals surface area contributed by atoms with Crippen LogP contribution in [0.3, 0.4) is 0 Å². The molecule has 4 rings (SSSR count).